The number of piperidine rings is 1. The molecule has 0 unspecified atom stereocenters. The van der Waals surface area contributed by atoms with Crippen molar-refractivity contribution in [1.82, 2.24) is 14.5 Å². The molecule has 0 aliphatic carbocycles. The third kappa shape index (κ3) is 4.13. The summed E-state index contributed by atoms with van der Waals surface area (Å²) in [6.07, 6.45) is 1.64. The predicted octanol–water partition coefficient (Wildman–Crippen LogP) is 3.12. The maximum Gasteiger partial charge on any atom is 0.293 e. The second-order valence-electron chi connectivity index (χ2n) is 9.02. The Morgan fingerprint density at radius 1 is 1.00 bits per heavy atom. The first-order chi connectivity index (χ1) is 16.6. The molecule has 2 aliphatic heterocycles. The van der Waals surface area contributed by atoms with E-state index in [4.69, 9.17) is 4.98 Å². The van der Waals surface area contributed by atoms with Gasteiger partial charge in [-0.25, -0.2) is 9.37 Å². The summed E-state index contributed by atoms with van der Waals surface area (Å²) in [6.45, 7) is 6.10. The fraction of sp³-hybridized carbons (Fsp3) is 0.423. The standard InChI is InChI=1S/C26H30FN5O2/c1-2-32-23-12-6-4-10-21(23)28-24(26(32)34)31-13-7-8-19(18-31)25(33)30-16-14-29(15-17-30)22-11-5-3-9-20(22)27/h3-6,9-12,19H,2,7-8,13-18H2,1H3/t19-/m0/s1. The molecule has 34 heavy (non-hydrogen) atoms. The fourth-order valence-corrected chi connectivity index (χ4v) is 5.20. The second-order valence-corrected chi connectivity index (χ2v) is 9.02. The van der Waals surface area contributed by atoms with Crippen LogP contribution in [0, 0.1) is 11.7 Å². The van der Waals surface area contributed by atoms with E-state index in [0.29, 0.717) is 50.8 Å². The Morgan fingerprint density at radius 3 is 2.50 bits per heavy atom. The number of hydrogen-bond donors (Lipinski definition) is 0. The van der Waals surface area contributed by atoms with E-state index < -0.39 is 0 Å². The van der Waals surface area contributed by atoms with Gasteiger partial charge in [0.2, 0.25) is 5.91 Å². The van der Waals surface area contributed by atoms with Gasteiger partial charge in [0.15, 0.2) is 5.82 Å². The van der Waals surface area contributed by atoms with Crippen molar-refractivity contribution in [3.05, 3.63) is 64.7 Å². The van der Waals surface area contributed by atoms with Gasteiger partial charge in [0.1, 0.15) is 5.82 Å². The number of aryl methyl sites for hydroxylation is 1. The molecule has 2 fully saturated rings. The summed E-state index contributed by atoms with van der Waals surface area (Å²) in [5.74, 6) is 0.152. The van der Waals surface area contributed by atoms with E-state index in [2.05, 4.69) is 0 Å². The zero-order valence-corrected chi connectivity index (χ0v) is 19.5. The number of amides is 1. The normalized spacial score (nSPS) is 19.0. The Morgan fingerprint density at radius 2 is 1.74 bits per heavy atom. The number of piperazine rings is 1. The van der Waals surface area contributed by atoms with Crippen LogP contribution in [0.1, 0.15) is 19.8 Å². The molecule has 2 aliphatic rings. The average molecular weight is 464 g/mol. The number of anilines is 2. The smallest absolute Gasteiger partial charge is 0.293 e. The second kappa shape index (κ2) is 9.44. The summed E-state index contributed by atoms with van der Waals surface area (Å²) in [4.78, 5) is 37.2. The highest BCUT2D eigenvalue weighted by atomic mass is 19.1. The number of benzene rings is 2. The molecule has 1 amide bonds. The molecule has 0 saturated carbocycles. The van der Waals surface area contributed by atoms with Crippen molar-refractivity contribution in [2.45, 2.75) is 26.3 Å². The summed E-state index contributed by atoms with van der Waals surface area (Å²) in [5.41, 5.74) is 2.11. The molecule has 0 spiro atoms. The number of carbonyl (C=O) groups excluding carboxylic acids is 1. The third-order valence-corrected chi connectivity index (χ3v) is 7.01. The first-order valence-electron chi connectivity index (χ1n) is 12.1. The molecule has 2 aromatic carbocycles. The Labute approximate surface area is 198 Å². The van der Waals surface area contributed by atoms with Crippen LogP contribution < -0.4 is 15.4 Å². The number of aromatic nitrogens is 2. The van der Waals surface area contributed by atoms with Crippen LogP contribution in [0.4, 0.5) is 15.9 Å². The molecule has 8 heteroatoms. The maximum atomic E-state index is 14.1. The van der Waals surface area contributed by atoms with Gasteiger partial charge in [-0.05, 0) is 44.0 Å². The Hall–Kier alpha value is -3.42. The van der Waals surface area contributed by atoms with Crippen molar-refractivity contribution >= 4 is 28.4 Å². The highest BCUT2D eigenvalue weighted by Crippen LogP contribution is 2.25. The van der Waals surface area contributed by atoms with E-state index in [-0.39, 0.29) is 23.2 Å². The Bertz CT molecular complexity index is 1250. The predicted molar refractivity (Wildman–Crippen MR) is 132 cm³/mol. The Kier molecular flexibility index (Phi) is 6.22. The monoisotopic (exact) mass is 463 g/mol. The highest BCUT2D eigenvalue weighted by molar-refractivity contribution is 5.80. The van der Waals surface area contributed by atoms with Crippen LogP contribution in [0.5, 0.6) is 0 Å². The molecule has 2 saturated heterocycles. The largest absolute Gasteiger partial charge is 0.366 e. The van der Waals surface area contributed by atoms with Crippen LogP contribution in [0.25, 0.3) is 11.0 Å². The summed E-state index contributed by atoms with van der Waals surface area (Å²) in [6, 6.07) is 14.5. The first-order valence-corrected chi connectivity index (χ1v) is 12.1. The van der Waals surface area contributed by atoms with Crippen molar-refractivity contribution in [2.24, 2.45) is 5.92 Å². The lowest BCUT2D eigenvalue weighted by atomic mass is 9.96. The van der Waals surface area contributed by atoms with E-state index in [1.165, 1.54) is 6.07 Å². The molecule has 0 bridgehead atoms. The van der Waals surface area contributed by atoms with E-state index in [0.717, 1.165) is 30.4 Å². The third-order valence-electron chi connectivity index (χ3n) is 7.01. The van der Waals surface area contributed by atoms with Gasteiger partial charge < -0.3 is 19.3 Å². The van der Waals surface area contributed by atoms with Crippen LogP contribution >= 0.6 is 0 Å². The number of nitrogens with zero attached hydrogens (tertiary/aromatic N) is 5. The molecule has 1 atom stereocenters. The number of carbonyl (C=O) groups is 1. The van der Waals surface area contributed by atoms with Gasteiger partial charge in [0.25, 0.3) is 5.56 Å². The lowest BCUT2D eigenvalue weighted by molar-refractivity contribution is -0.136. The zero-order valence-electron chi connectivity index (χ0n) is 19.5. The van der Waals surface area contributed by atoms with Gasteiger partial charge in [-0.15, -0.1) is 0 Å². The Balaban J connectivity index is 1.30. The van der Waals surface area contributed by atoms with Crippen molar-refractivity contribution in [3.63, 3.8) is 0 Å². The summed E-state index contributed by atoms with van der Waals surface area (Å²) < 4.78 is 15.9. The summed E-state index contributed by atoms with van der Waals surface area (Å²) >= 11 is 0. The van der Waals surface area contributed by atoms with Gasteiger partial charge in [0, 0.05) is 45.8 Å². The van der Waals surface area contributed by atoms with Crippen LogP contribution in [0.15, 0.2) is 53.3 Å². The molecule has 1 aromatic heterocycles. The van der Waals surface area contributed by atoms with Gasteiger partial charge in [-0.2, -0.15) is 0 Å². The van der Waals surface area contributed by atoms with Gasteiger partial charge in [-0.1, -0.05) is 24.3 Å². The topological polar surface area (TPSA) is 61.7 Å². The lowest BCUT2D eigenvalue weighted by Gasteiger charge is -2.40. The summed E-state index contributed by atoms with van der Waals surface area (Å²) in [7, 11) is 0. The SMILES string of the molecule is CCn1c(=O)c(N2CCC[C@H](C(=O)N3CCN(c4ccccc4F)CC3)C2)nc2ccccc21. The molecule has 3 heterocycles. The molecule has 3 aromatic rings. The number of hydrogen-bond acceptors (Lipinski definition) is 5. The van der Waals surface area contributed by atoms with Crippen LogP contribution in [0.2, 0.25) is 0 Å². The highest BCUT2D eigenvalue weighted by Gasteiger charge is 2.33. The molecule has 178 valence electrons. The number of rotatable bonds is 4. The molecular formula is C26H30FN5O2. The zero-order chi connectivity index (χ0) is 23.7. The van der Waals surface area contributed by atoms with Gasteiger partial charge in [0.05, 0.1) is 22.6 Å². The summed E-state index contributed by atoms with van der Waals surface area (Å²) in [5, 5.41) is 0. The minimum Gasteiger partial charge on any atom is -0.366 e. The maximum absolute atomic E-state index is 14.1. The van der Waals surface area contributed by atoms with E-state index in [1.54, 1.807) is 16.7 Å². The number of halogens is 1. The van der Waals surface area contributed by atoms with Crippen molar-refractivity contribution < 1.29 is 9.18 Å². The van der Waals surface area contributed by atoms with Gasteiger partial charge in [-0.3, -0.25) is 9.59 Å². The lowest BCUT2D eigenvalue weighted by Crippen LogP contribution is -2.53. The quantitative estimate of drug-likeness (QED) is 0.595. The van der Waals surface area contributed by atoms with Crippen molar-refractivity contribution in [3.8, 4) is 0 Å². The minimum absolute atomic E-state index is 0.104. The molecule has 7 nitrogen and oxygen atoms in total. The van der Waals surface area contributed by atoms with Gasteiger partial charge >= 0.3 is 0 Å². The van der Waals surface area contributed by atoms with E-state index in [9.17, 15) is 14.0 Å². The number of para-hydroxylation sites is 3. The molecule has 5 rings (SSSR count). The van der Waals surface area contributed by atoms with Crippen LogP contribution in [0.3, 0.4) is 0 Å². The van der Waals surface area contributed by atoms with E-state index >= 15 is 0 Å². The fourth-order valence-electron chi connectivity index (χ4n) is 5.20. The van der Waals surface area contributed by atoms with Crippen LogP contribution in [-0.2, 0) is 11.3 Å². The van der Waals surface area contributed by atoms with Crippen molar-refractivity contribution in [2.75, 3.05) is 49.1 Å². The van der Waals surface area contributed by atoms with E-state index in [1.807, 2.05) is 52.0 Å². The van der Waals surface area contributed by atoms with Crippen LogP contribution in [-0.4, -0.2) is 59.6 Å². The van der Waals surface area contributed by atoms with Crippen molar-refractivity contribution in [1.29, 1.82) is 0 Å². The first kappa shape index (κ1) is 22.4. The number of fused-ring (bicyclic) bond motifs is 1. The average Bonchev–Trinajstić information content (AvgIpc) is 2.88. The molecular weight excluding hydrogens is 433 g/mol. The molecule has 0 N–H and O–H groups in total. The molecule has 0 radical (unpaired) electrons. The minimum atomic E-state index is -0.231.